The Hall–Kier alpha value is -0.900. The number of rotatable bonds is 7. The molecule has 1 aromatic carbocycles. The Kier molecular flexibility index (Phi) is 7.06. The normalized spacial score (nSPS) is 10.1. The summed E-state index contributed by atoms with van der Waals surface area (Å²) >= 11 is 17.7. The molecule has 0 saturated heterocycles. The van der Waals surface area contributed by atoms with E-state index in [2.05, 4.69) is 11.9 Å². The second kappa shape index (κ2) is 8.31. The molecule has 0 spiro atoms. The number of nitrogens with one attached hydrogen (secondary N) is 1. The van der Waals surface area contributed by atoms with Gasteiger partial charge in [-0.05, 0) is 31.1 Å². The Balaban J connectivity index is 2.28. The third-order valence-electron chi connectivity index (χ3n) is 2.31. The molecule has 0 atom stereocenters. The molecule has 0 saturated carbocycles. The van der Waals surface area contributed by atoms with E-state index in [1.165, 1.54) is 6.08 Å². The van der Waals surface area contributed by atoms with Gasteiger partial charge in [0.1, 0.15) is 10.8 Å². The average Bonchev–Trinajstić information content (AvgIpc) is 2.41. The molecule has 0 unspecified atom stereocenters. The van der Waals surface area contributed by atoms with Crippen LogP contribution in [0.15, 0.2) is 24.8 Å². The van der Waals surface area contributed by atoms with Crippen LogP contribution >= 0.6 is 34.8 Å². The van der Waals surface area contributed by atoms with Crippen molar-refractivity contribution in [3.05, 3.63) is 39.9 Å². The fraction of sp³-hybridized carbons (Fsp3) is 0.308. The van der Waals surface area contributed by atoms with Gasteiger partial charge in [0.15, 0.2) is 0 Å². The topological polar surface area (TPSA) is 38.3 Å². The van der Waals surface area contributed by atoms with Gasteiger partial charge in [0.25, 0.3) is 0 Å². The number of hydrogen-bond donors (Lipinski definition) is 1. The lowest BCUT2D eigenvalue weighted by Crippen LogP contribution is -2.22. The largest absolute Gasteiger partial charge is 0.492 e. The van der Waals surface area contributed by atoms with E-state index in [4.69, 9.17) is 39.5 Å². The number of amides is 1. The van der Waals surface area contributed by atoms with E-state index in [0.717, 1.165) is 12.8 Å². The summed E-state index contributed by atoms with van der Waals surface area (Å²) in [6.07, 6.45) is 2.83. The van der Waals surface area contributed by atoms with Crippen molar-refractivity contribution in [3.8, 4) is 5.75 Å². The number of carbonyl (C=O) groups excluding carboxylic acids is 1. The van der Waals surface area contributed by atoms with Crippen LogP contribution in [-0.2, 0) is 4.79 Å². The first-order valence-electron chi connectivity index (χ1n) is 5.73. The third kappa shape index (κ3) is 5.31. The molecule has 1 rings (SSSR count). The Labute approximate surface area is 127 Å². The zero-order valence-corrected chi connectivity index (χ0v) is 12.5. The van der Waals surface area contributed by atoms with Gasteiger partial charge in [-0.3, -0.25) is 4.79 Å². The van der Waals surface area contributed by atoms with Crippen LogP contribution < -0.4 is 10.1 Å². The predicted octanol–water partition coefficient (Wildman–Crippen LogP) is 4.11. The minimum atomic E-state index is -0.173. The minimum absolute atomic E-state index is 0.173. The Morgan fingerprint density at radius 2 is 2.00 bits per heavy atom. The summed E-state index contributed by atoms with van der Waals surface area (Å²) in [5, 5.41) is 3.68. The molecule has 0 fully saturated rings. The van der Waals surface area contributed by atoms with Gasteiger partial charge < -0.3 is 10.1 Å². The molecule has 1 amide bonds. The van der Waals surface area contributed by atoms with Gasteiger partial charge in [0.2, 0.25) is 5.91 Å². The van der Waals surface area contributed by atoms with Crippen molar-refractivity contribution in [2.45, 2.75) is 12.8 Å². The number of ether oxygens (including phenoxy) is 1. The standard InChI is InChI=1S/C13H14Cl3NO2/c1-2-11(18)17-7-3-4-8-19-10-6-5-9(14)12(15)13(10)16/h2,5-6H,1,3-4,7-8H2,(H,17,18). The first-order chi connectivity index (χ1) is 9.06. The smallest absolute Gasteiger partial charge is 0.243 e. The van der Waals surface area contributed by atoms with Gasteiger partial charge >= 0.3 is 0 Å². The van der Waals surface area contributed by atoms with Crippen molar-refractivity contribution < 1.29 is 9.53 Å². The maximum atomic E-state index is 10.9. The highest BCUT2D eigenvalue weighted by atomic mass is 35.5. The van der Waals surface area contributed by atoms with Crippen molar-refractivity contribution in [3.63, 3.8) is 0 Å². The molecule has 0 aromatic heterocycles. The molecular weight excluding hydrogens is 309 g/mol. The monoisotopic (exact) mass is 321 g/mol. The van der Waals surface area contributed by atoms with Crippen molar-refractivity contribution in [2.75, 3.05) is 13.2 Å². The quantitative estimate of drug-likeness (QED) is 0.466. The zero-order valence-electron chi connectivity index (χ0n) is 10.2. The van der Waals surface area contributed by atoms with Gasteiger partial charge in [-0.15, -0.1) is 0 Å². The summed E-state index contributed by atoms with van der Waals surface area (Å²) in [5.41, 5.74) is 0. The molecule has 19 heavy (non-hydrogen) atoms. The van der Waals surface area contributed by atoms with E-state index >= 15 is 0 Å². The van der Waals surface area contributed by atoms with Crippen LogP contribution in [0.25, 0.3) is 0 Å². The highest BCUT2D eigenvalue weighted by Gasteiger charge is 2.09. The van der Waals surface area contributed by atoms with Crippen molar-refractivity contribution in [2.24, 2.45) is 0 Å². The van der Waals surface area contributed by atoms with E-state index in [-0.39, 0.29) is 5.91 Å². The van der Waals surface area contributed by atoms with Crippen molar-refractivity contribution in [1.82, 2.24) is 5.32 Å². The highest BCUT2D eigenvalue weighted by Crippen LogP contribution is 2.37. The predicted molar refractivity (Wildman–Crippen MR) is 79.4 cm³/mol. The van der Waals surface area contributed by atoms with E-state index in [1.807, 2.05) is 0 Å². The van der Waals surface area contributed by atoms with Gasteiger partial charge in [0.05, 0.1) is 16.7 Å². The summed E-state index contributed by atoms with van der Waals surface area (Å²) in [4.78, 5) is 10.9. The van der Waals surface area contributed by atoms with E-state index in [1.54, 1.807) is 12.1 Å². The summed E-state index contributed by atoms with van der Waals surface area (Å²) < 4.78 is 5.50. The van der Waals surface area contributed by atoms with Crippen molar-refractivity contribution in [1.29, 1.82) is 0 Å². The second-order valence-corrected chi connectivity index (χ2v) is 4.89. The SMILES string of the molecule is C=CC(=O)NCCCCOc1ccc(Cl)c(Cl)c1Cl. The summed E-state index contributed by atoms with van der Waals surface area (Å²) in [6, 6.07) is 3.31. The summed E-state index contributed by atoms with van der Waals surface area (Å²) in [5.74, 6) is 0.333. The van der Waals surface area contributed by atoms with Crippen LogP contribution in [0.1, 0.15) is 12.8 Å². The highest BCUT2D eigenvalue weighted by molar-refractivity contribution is 6.48. The molecule has 0 bridgehead atoms. The number of benzene rings is 1. The number of hydrogen-bond acceptors (Lipinski definition) is 2. The Morgan fingerprint density at radius 3 is 2.68 bits per heavy atom. The van der Waals surface area contributed by atoms with Crippen LogP contribution in [0.2, 0.25) is 15.1 Å². The molecule has 0 aliphatic heterocycles. The third-order valence-corrected chi connectivity index (χ3v) is 3.59. The molecule has 3 nitrogen and oxygen atoms in total. The first-order valence-corrected chi connectivity index (χ1v) is 6.86. The van der Waals surface area contributed by atoms with Crippen molar-refractivity contribution >= 4 is 40.7 Å². The minimum Gasteiger partial charge on any atom is -0.492 e. The van der Waals surface area contributed by atoms with Gasteiger partial charge in [-0.2, -0.15) is 0 Å². The van der Waals surface area contributed by atoms with Crippen LogP contribution in [0, 0.1) is 0 Å². The van der Waals surface area contributed by atoms with Gasteiger partial charge in [-0.25, -0.2) is 0 Å². The maximum Gasteiger partial charge on any atom is 0.243 e. The van der Waals surface area contributed by atoms with Crippen LogP contribution in [-0.4, -0.2) is 19.1 Å². The molecule has 1 N–H and O–H groups in total. The molecule has 1 aromatic rings. The average molecular weight is 323 g/mol. The van der Waals surface area contributed by atoms with Crippen LogP contribution in [0.5, 0.6) is 5.75 Å². The lowest BCUT2D eigenvalue weighted by Gasteiger charge is -2.09. The van der Waals surface area contributed by atoms with Crippen LogP contribution in [0.3, 0.4) is 0 Å². The van der Waals surface area contributed by atoms with E-state index in [9.17, 15) is 4.79 Å². The molecule has 0 heterocycles. The Bertz CT molecular complexity index is 463. The maximum absolute atomic E-state index is 10.9. The van der Waals surface area contributed by atoms with Crippen LogP contribution in [0.4, 0.5) is 0 Å². The zero-order chi connectivity index (χ0) is 14.3. The first kappa shape index (κ1) is 16.2. The lowest BCUT2D eigenvalue weighted by molar-refractivity contribution is -0.116. The molecule has 104 valence electrons. The number of unbranched alkanes of at least 4 members (excludes halogenated alkanes) is 1. The molecule has 0 radical (unpaired) electrons. The van der Waals surface area contributed by atoms with E-state index < -0.39 is 0 Å². The Morgan fingerprint density at radius 1 is 1.26 bits per heavy atom. The van der Waals surface area contributed by atoms with E-state index in [0.29, 0.717) is 34.0 Å². The molecular formula is C13H14Cl3NO2. The number of halogens is 3. The summed E-state index contributed by atoms with van der Waals surface area (Å²) in [7, 11) is 0. The number of carbonyl (C=O) groups is 1. The molecule has 6 heteroatoms. The lowest BCUT2D eigenvalue weighted by atomic mass is 10.3. The summed E-state index contributed by atoms with van der Waals surface area (Å²) in [6.45, 7) is 4.44. The fourth-order valence-electron chi connectivity index (χ4n) is 1.31. The molecule has 0 aliphatic rings. The van der Waals surface area contributed by atoms with Gasteiger partial charge in [-0.1, -0.05) is 41.4 Å². The van der Waals surface area contributed by atoms with Gasteiger partial charge in [0, 0.05) is 6.54 Å². The second-order valence-electron chi connectivity index (χ2n) is 3.72. The fourth-order valence-corrected chi connectivity index (χ4v) is 1.89. The molecule has 0 aliphatic carbocycles.